The fourth-order valence-electron chi connectivity index (χ4n) is 2.27. The molecule has 0 aromatic heterocycles. The minimum atomic E-state index is 0.577. The average Bonchev–Trinajstić information content (AvgIpc) is 2.69. The normalized spacial score (nSPS) is 16.5. The molecule has 82 valence electrons. The van der Waals surface area contributed by atoms with Crippen molar-refractivity contribution in [3.63, 3.8) is 0 Å². The lowest BCUT2D eigenvalue weighted by atomic mass is 10.1. The number of fused-ring (bicyclic) bond motifs is 1. The highest BCUT2D eigenvalue weighted by molar-refractivity contribution is 5.58. The molecule has 1 aliphatic heterocycles. The maximum atomic E-state index is 5.13. The zero-order valence-corrected chi connectivity index (χ0v) is 9.57. The van der Waals surface area contributed by atoms with Gasteiger partial charge in [0, 0.05) is 32.0 Å². The van der Waals surface area contributed by atoms with Crippen molar-refractivity contribution in [3.05, 3.63) is 29.8 Å². The van der Waals surface area contributed by atoms with Crippen molar-refractivity contribution in [2.45, 2.75) is 25.8 Å². The number of ether oxygens (including phenoxy) is 1. The molecule has 0 amide bonds. The fourth-order valence-corrected chi connectivity index (χ4v) is 2.27. The number of benzene rings is 1. The first-order valence-electron chi connectivity index (χ1n) is 5.66. The van der Waals surface area contributed by atoms with Gasteiger partial charge in [0.05, 0.1) is 0 Å². The summed E-state index contributed by atoms with van der Waals surface area (Å²) in [6.45, 7) is 4.28. The van der Waals surface area contributed by atoms with Crippen molar-refractivity contribution in [2.24, 2.45) is 0 Å². The van der Waals surface area contributed by atoms with Crippen LogP contribution in [0.15, 0.2) is 24.3 Å². The van der Waals surface area contributed by atoms with Gasteiger partial charge in [-0.3, -0.25) is 0 Å². The molecule has 0 saturated heterocycles. The second kappa shape index (κ2) is 4.67. The van der Waals surface area contributed by atoms with Crippen LogP contribution in [-0.2, 0) is 11.2 Å². The Morgan fingerprint density at radius 3 is 3.00 bits per heavy atom. The van der Waals surface area contributed by atoms with Crippen LogP contribution in [-0.4, -0.2) is 26.3 Å². The minimum Gasteiger partial charge on any atom is -0.385 e. The lowest BCUT2D eigenvalue weighted by molar-refractivity contribution is 0.188. The Kier molecular flexibility index (Phi) is 3.27. The van der Waals surface area contributed by atoms with E-state index < -0.39 is 0 Å². The molecule has 1 heterocycles. The highest BCUT2D eigenvalue weighted by atomic mass is 16.5. The summed E-state index contributed by atoms with van der Waals surface area (Å²) in [7, 11) is 1.77. The molecule has 2 nitrogen and oxygen atoms in total. The van der Waals surface area contributed by atoms with Crippen molar-refractivity contribution in [3.8, 4) is 0 Å². The molecule has 0 spiro atoms. The van der Waals surface area contributed by atoms with Gasteiger partial charge >= 0.3 is 0 Å². The van der Waals surface area contributed by atoms with Gasteiger partial charge in [-0.2, -0.15) is 0 Å². The van der Waals surface area contributed by atoms with Gasteiger partial charge in [-0.05, 0) is 31.4 Å². The summed E-state index contributed by atoms with van der Waals surface area (Å²) >= 11 is 0. The Labute approximate surface area is 91.9 Å². The summed E-state index contributed by atoms with van der Waals surface area (Å²) in [5.74, 6) is 0. The molecule has 1 atom stereocenters. The lowest BCUT2D eigenvalue weighted by Crippen LogP contribution is -2.32. The summed E-state index contributed by atoms with van der Waals surface area (Å²) in [4.78, 5) is 2.49. The van der Waals surface area contributed by atoms with Crippen LogP contribution in [0.2, 0.25) is 0 Å². The molecule has 15 heavy (non-hydrogen) atoms. The van der Waals surface area contributed by atoms with Crippen molar-refractivity contribution in [1.82, 2.24) is 0 Å². The SMILES string of the molecule is COCCC(C)N1CCc2ccccc21. The topological polar surface area (TPSA) is 12.5 Å². The number of hydrogen-bond donors (Lipinski definition) is 0. The summed E-state index contributed by atoms with van der Waals surface area (Å²) < 4.78 is 5.13. The number of hydrogen-bond acceptors (Lipinski definition) is 2. The largest absolute Gasteiger partial charge is 0.385 e. The molecule has 0 fully saturated rings. The first-order chi connectivity index (χ1) is 7.33. The molecular formula is C13H19NO. The van der Waals surface area contributed by atoms with E-state index in [1.54, 1.807) is 7.11 Å². The second-order valence-electron chi connectivity index (χ2n) is 4.20. The third kappa shape index (κ3) is 2.15. The van der Waals surface area contributed by atoms with Crippen molar-refractivity contribution in [2.75, 3.05) is 25.2 Å². The van der Waals surface area contributed by atoms with E-state index in [-0.39, 0.29) is 0 Å². The van der Waals surface area contributed by atoms with E-state index in [1.165, 1.54) is 17.7 Å². The summed E-state index contributed by atoms with van der Waals surface area (Å²) in [6.07, 6.45) is 2.29. The fraction of sp³-hybridized carbons (Fsp3) is 0.538. The molecule has 0 bridgehead atoms. The van der Waals surface area contributed by atoms with Crippen LogP contribution in [0, 0.1) is 0 Å². The Bertz CT molecular complexity index is 324. The van der Waals surface area contributed by atoms with Gasteiger partial charge < -0.3 is 9.64 Å². The van der Waals surface area contributed by atoms with Crippen LogP contribution in [0.3, 0.4) is 0 Å². The Balaban J connectivity index is 2.06. The van der Waals surface area contributed by atoms with Crippen LogP contribution in [0.1, 0.15) is 18.9 Å². The Hall–Kier alpha value is -1.02. The smallest absolute Gasteiger partial charge is 0.0481 e. The summed E-state index contributed by atoms with van der Waals surface area (Å²) in [5.41, 5.74) is 2.91. The highest BCUT2D eigenvalue weighted by Crippen LogP contribution is 2.29. The quantitative estimate of drug-likeness (QED) is 0.748. The maximum absolute atomic E-state index is 5.13. The van der Waals surface area contributed by atoms with Gasteiger partial charge in [0.15, 0.2) is 0 Å². The van der Waals surface area contributed by atoms with Crippen LogP contribution < -0.4 is 4.90 Å². The molecular weight excluding hydrogens is 186 g/mol. The van der Waals surface area contributed by atoms with Crippen molar-refractivity contribution < 1.29 is 4.74 Å². The van der Waals surface area contributed by atoms with E-state index in [9.17, 15) is 0 Å². The van der Waals surface area contributed by atoms with Crippen LogP contribution in [0.5, 0.6) is 0 Å². The Morgan fingerprint density at radius 2 is 2.20 bits per heavy atom. The number of para-hydroxylation sites is 1. The Morgan fingerprint density at radius 1 is 1.40 bits per heavy atom. The van der Waals surface area contributed by atoms with Gasteiger partial charge in [0.1, 0.15) is 0 Å². The predicted molar refractivity (Wildman–Crippen MR) is 63.4 cm³/mol. The van der Waals surface area contributed by atoms with E-state index in [4.69, 9.17) is 4.74 Å². The molecule has 0 aliphatic carbocycles. The highest BCUT2D eigenvalue weighted by Gasteiger charge is 2.22. The van der Waals surface area contributed by atoms with Crippen molar-refractivity contribution in [1.29, 1.82) is 0 Å². The lowest BCUT2D eigenvalue weighted by Gasteiger charge is -2.27. The number of anilines is 1. The van der Waals surface area contributed by atoms with Crippen LogP contribution in [0.25, 0.3) is 0 Å². The molecule has 2 rings (SSSR count). The van der Waals surface area contributed by atoms with Crippen LogP contribution in [0.4, 0.5) is 5.69 Å². The van der Waals surface area contributed by atoms with Crippen LogP contribution >= 0.6 is 0 Å². The first kappa shape index (κ1) is 10.5. The molecule has 1 aliphatic rings. The molecule has 1 aromatic rings. The zero-order chi connectivity index (χ0) is 10.7. The maximum Gasteiger partial charge on any atom is 0.0481 e. The predicted octanol–water partition coefficient (Wildman–Crippen LogP) is 2.47. The van der Waals surface area contributed by atoms with Gasteiger partial charge in [-0.15, -0.1) is 0 Å². The molecule has 1 aromatic carbocycles. The van der Waals surface area contributed by atoms with Gasteiger partial charge in [0.25, 0.3) is 0 Å². The van der Waals surface area contributed by atoms with Gasteiger partial charge in [0.2, 0.25) is 0 Å². The summed E-state index contributed by atoms with van der Waals surface area (Å²) in [6, 6.07) is 9.29. The molecule has 0 N–H and O–H groups in total. The minimum absolute atomic E-state index is 0.577. The van der Waals surface area contributed by atoms with E-state index in [0.29, 0.717) is 6.04 Å². The van der Waals surface area contributed by atoms with Gasteiger partial charge in [-0.1, -0.05) is 18.2 Å². The number of nitrogens with zero attached hydrogens (tertiary/aromatic N) is 1. The third-order valence-electron chi connectivity index (χ3n) is 3.19. The van der Waals surface area contributed by atoms with Gasteiger partial charge in [-0.25, -0.2) is 0 Å². The first-order valence-corrected chi connectivity index (χ1v) is 5.66. The standard InChI is InChI=1S/C13H19NO/c1-11(8-10-15-2)14-9-7-12-5-3-4-6-13(12)14/h3-6,11H,7-10H2,1-2H3. The molecule has 0 saturated carbocycles. The second-order valence-corrected chi connectivity index (χ2v) is 4.20. The third-order valence-corrected chi connectivity index (χ3v) is 3.19. The van der Waals surface area contributed by atoms with E-state index in [1.807, 2.05) is 0 Å². The van der Waals surface area contributed by atoms with Crippen molar-refractivity contribution >= 4 is 5.69 Å². The van der Waals surface area contributed by atoms with E-state index in [2.05, 4.69) is 36.1 Å². The summed E-state index contributed by atoms with van der Waals surface area (Å²) in [5, 5.41) is 0. The average molecular weight is 205 g/mol. The number of methoxy groups -OCH3 is 1. The number of rotatable bonds is 4. The molecule has 2 heteroatoms. The zero-order valence-electron chi connectivity index (χ0n) is 9.57. The molecule has 1 unspecified atom stereocenters. The van der Waals surface area contributed by atoms with E-state index >= 15 is 0 Å². The molecule has 0 radical (unpaired) electrons. The van der Waals surface area contributed by atoms with E-state index in [0.717, 1.165) is 19.6 Å². The monoisotopic (exact) mass is 205 g/mol.